The molecule has 0 radical (unpaired) electrons. The number of aromatic nitrogens is 2. The third kappa shape index (κ3) is 3.82. The molecule has 0 aliphatic carbocycles. The van der Waals surface area contributed by atoms with Gasteiger partial charge in [-0.05, 0) is 18.8 Å². The van der Waals surface area contributed by atoms with Crippen LogP contribution in [0.15, 0.2) is 12.4 Å². The van der Waals surface area contributed by atoms with Crippen molar-refractivity contribution < 1.29 is 23.1 Å². The quantitative estimate of drug-likeness (QED) is 0.874. The number of amides is 2. The van der Waals surface area contributed by atoms with E-state index in [0.29, 0.717) is 19.0 Å². The van der Waals surface area contributed by atoms with E-state index in [1.807, 2.05) is 6.92 Å². The number of rotatable bonds is 4. The van der Waals surface area contributed by atoms with Gasteiger partial charge >= 0.3 is 12.2 Å². The molecule has 1 aliphatic rings. The predicted molar refractivity (Wildman–Crippen MR) is 81.1 cm³/mol. The highest BCUT2D eigenvalue weighted by Crippen LogP contribution is 2.40. The number of carbonyl (C=O) groups is 1. The molecule has 1 aromatic rings. The van der Waals surface area contributed by atoms with Gasteiger partial charge in [0.2, 0.25) is 5.60 Å². The SMILES string of the molecule is CC1CCCN(C(=O)NCCC(O)(c2nccn2C)C(F)(F)F)C1. The highest BCUT2D eigenvalue weighted by Gasteiger charge is 2.57. The number of hydrogen-bond donors (Lipinski definition) is 2. The van der Waals surface area contributed by atoms with Gasteiger partial charge in [0.1, 0.15) is 5.82 Å². The van der Waals surface area contributed by atoms with Gasteiger partial charge in [0.05, 0.1) is 0 Å². The van der Waals surface area contributed by atoms with Gasteiger partial charge in [-0.3, -0.25) is 0 Å². The van der Waals surface area contributed by atoms with Crippen LogP contribution in [0, 0.1) is 5.92 Å². The lowest BCUT2D eigenvalue weighted by molar-refractivity contribution is -0.272. The molecule has 9 heteroatoms. The van der Waals surface area contributed by atoms with Crippen molar-refractivity contribution in [2.45, 2.75) is 38.0 Å². The summed E-state index contributed by atoms with van der Waals surface area (Å²) in [7, 11) is 1.38. The zero-order chi connectivity index (χ0) is 18.0. The zero-order valence-corrected chi connectivity index (χ0v) is 13.8. The number of nitrogens with one attached hydrogen (secondary N) is 1. The molecule has 1 fully saturated rings. The Balaban J connectivity index is 1.99. The first-order chi connectivity index (χ1) is 11.1. The molecule has 0 spiro atoms. The Bertz CT molecular complexity index is 575. The average molecular weight is 348 g/mol. The average Bonchev–Trinajstić information content (AvgIpc) is 2.92. The minimum Gasteiger partial charge on any atom is -0.374 e. The number of alkyl halides is 3. The van der Waals surface area contributed by atoms with Crippen LogP contribution in [0.4, 0.5) is 18.0 Å². The molecule has 6 nitrogen and oxygen atoms in total. The van der Waals surface area contributed by atoms with Gasteiger partial charge in [-0.1, -0.05) is 6.92 Å². The summed E-state index contributed by atoms with van der Waals surface area (Å²) in [5, 5.41) is 12.7. The summed E-state index contributed by atoms with van der Waals surface area (Å²) < 4.78 is 41.2. The van der Waals surface area contributed by atoms with Crippen molar-refractivity contribution in [1.82, 2.24) is 19.8 Å². The van der Waals surface area contributed by atoms with Crippen molar-refractivity contribution in [1.29, 1.82) is 0 Å². The fourth-order valence-electron chi connectivity index (χ4n) is 2.98. The van der Waals surface area contributed by atoms with E-state index in [1.54, 1.807) is 4.90 Å². The van der Waals surface area contributed by atoms with Gasteiger partial charge < -0.3 is 19.9 Å². The number of halogens is 3. The second kappa shape index (κ2) is 7.00. The Morgan fingerprint density at radius 3 is 2.75 bits per heavy atom. The molecule has 2 unspecified atom stereocenters. The molecule has 2 rings (SSSR count). The van der Waals surface area contributed by atoms with Crippen molar-refractivity contribution in [2.75, 3.05) is 19.6 Å². The third-order valence-electron chi connectivity index (χ3n) is 4.37. The maximum atomic E-state index is 13.4. The smallest absolute Gasteiger partial charge is 0.374 e. The largest absolute Gasteiger partial charge is 0.424 e. The summed E-state index contributed by atoms with van der Waals surface area (Å²) in [5.41, 5.74) is -3.10. The first-order valence-electron chi connectivity index (χ1n) is 7.95. The highest BCUT2D eigenvalue weighted by atomic mass is 19.4. The molecule has 2 heterocycles. The predicted octanol–water partition coefficient (Wildman–Crippen LogP) is 2.00. The van der Waals surface area contributed by atoms with Crippen LogP contribution in [-0.4, -0.2) is 51.4 Å². The Morgan fingerprint density at radius 1 is 1.50 bits per heavy atom. The van der Waals surface area contributed by atoms with Crippen molar-refractivity contribution in [2.24, 2.45) is 13.0 Å². The Labute approximate surface area is 138 Å². The number of nitrogens with zero attached hydrogens (tertiary/aromatic N) is 3. The molecule has 1 saturated heterocycles. The Kier molecular flexibility index (Phi) is 5.42. The van der Waals surface area contributed by atoms with Crippen LogP contribution in [0.1, 0.15) is 32.0 Å². The van der Waals surface area contributed by atoms with E-state index in [2.05, 4.69) is 10.3 Å². The van der Waals surface area contributed by atoms with Crippen LogP contribution in [0.2, 0.25) is 0 Å². The van der Waals surface area contributed by atoms with E-state index < -0.39 is 30.1 Å². The molecular formula is C15H23F3N4O2. The summed E-state index contributed by atoms with van der Waals surface area (Å²) in [5.74, 6) is -0.111. The zero-order valence-electron chi connectivity index (χ0n) is 13.8. The van der Waals surface area contributed by atoms with Crippen molar-refractivity contribution >= 4 is 6.03 Å². The number of hydrogen-bond acceptors (Lipinski definition) is 3. The fraction of sp³-hybridized carbons (Fsp3) is 0.733. The minimum absolute atomic E-state index is 0.299. The molecule has 1 aliphatic heterocycles. The summed E-state index contributed by atoms with van der Waals surface area (Å²) in [6, 6.07) is -0.397. The Hall–Kier alpha value is -1.77. The molecular weight excluding hydrogens is 325 g/mol. The lowest BCUT2D eigenvalue weighted by Gasteiger charge is -2.32. The van der Waals surface area contributed by atoms with Crippen LogP contribution in [-0.2, 0) is 12.6 Å². The van der Waals surface area contributed by atoms with Crippen molar-refractivity contribution in [3.05, 3.63) is 18.2 Å². The first-order valence-corrected chi connectivity index (χ1v) is 7.95. The van der Waals surface area contributed by atoms with E-state index >= 15 is 0 Å². The lowest BCUT2D eigenvalue weighted by atomic mass is 9.97. The van der Waals surface area contributed by atoms with Crippen LogP contribution < -0.4 is 5.32 Å². The summed E-state index contributed by atoms with van der Waals surface area (Å²) in [6.07, 6.45) is -1.14. The molecule has 0 bridgehead atoms. The number of urea groups is 1. The van der Waals surface area contributed by atoms with Crippen LogP contribution in [0.25, 0.3) is 0 Å². The molecule has 136 valence electrons. The van der Waals surface area contributed by atoms with Gasteiger partial charge in [0.15, 0.2) is 0 Å². The summed E-state index contributed by atoms with van der Waals surface area (Å²) in [6.45, 7) is 2.92. The first kappa shape index (κ1) is 18.6. The number of aliphatic hydroxyl groups is 1. The van der Waals surface area contributed by atoms with Gasteiger partial charge in [0, 0.05) is 45.5 Å². The van der Waals surface area contributed by atoms with Crippen LogP contribution in [0.5, 0.6) is 0 Å². The summed E-state index contributed by atoms with van der Waals surface area (Å²) >= 11 is 0. The second-order valence-electron chi connectivity index (χ2n) is 6.40. The number of carbonyl (C=O) groups excluding carboxylic acids is 1. The van der Waals surface area contributed by atoms with E-state index in [0.717, 1.165) is 17.4 Å². The fourth-order valence-corrected chi connectivity index (χ4v) is 2.98. The monoisotopic (exact) mass is 348 g/mol. The Morgan fingerprint density at radius 2 is 2.21 bits per heavy atom. The van der Waals surface area contributed by atoms with Gasteiger partial charge in [0.25, 0.3) is 0 Å². The van der Waals surface area contributed by atoms with Crippen molar-refractivity contribution in [3.8, 4) is 0 Å². The number of piperidine rings is 1. The van der Waals surface area contributed by atoms with Gasteiger partial charge in [-0.2, -0.15) is 13.2 Å². The molecule has 2 N–H and O–H groups in total. The summed E-state index contributed by atoms with van der Waals surface area (Å²) in [4.78, 5) is 17.3. The van der Waals surface area contributed by atoms with Gasteiger partial charge in [-0.25, -0.2) is 9.78 Å². The number of imidazole rings is 1. The molecule has 24 heavy (non-hydrogen) atoms. The van der Waals surface area contributed by atoms with E-state index in [-0.39, 0.29) is 6.54 Å². The lowest BCUT2D eigenvalue weighted by Crippen LogP contribution is -2.49. The maximum Gasteiger partial charge on any atom is 0.424 e. The number of aryl methyl sites for hydroxylation is 1. The van der Waals surface area contributed by atoms with Gasteiger partial charge in [-0.15, -0.1) is 0 Å². The normalized spacial score (nSPS) is 21.4. The number of likely N-dealkylation sites (tertiary alicyclic amines) is 1. The second-order valence-corrected chi connectivity index (χ2v) is 6.40. The third-order valence-corrected chi connectivity index (χ3v) is 4.37. The maximum absolute atomic E-state index is 13.4. The van der Waals surface area contributed by atoms with Crippen LogP contribution in [0.3, 0.4) is 0 Å². The molecule has 0 aromatic carbocycles. The highest BCUT2D eigenvalue weighted by molar-refractivity contribution is 5.74. The van der Waals surface area contributed by atoms with E-state index in [4.69, 9.17) is 0 Å². The standard InChI is InChI=1S/C15H23F3N4O2/c1-11-4-3-8-22(10-11)13(23)20-6-5-14(24,15(16,17)18)12-19-7-9-21(12)2/h7,9,11,24H,3-6,8,10H2,1-2H3,(H,20,23). The van der Waals surface area contributed by atoms with Crippen molar-refractivity contribution in [3.63, 3.8) is 0 Å². The molecule has 0 saturated carbocycles. The van der Waals surface area contributed by atoms with E-state index in [9.17, 15) is 23.1 Å². The van der Waals surface area contributed by atoms with Crippen LogP contribution >= 0.6 is 0 Å². The minimum atomic E-state index is -4.89. The molecule has 1 aromatic heterocycles. The molecule has 2 atom stereocenters. The van der Waals surface area contributed by atoms with E-state index in [1.165, 1.54) is 19.4 Å². The topological polar surface area (TPSA) is 70.4 Å². The molecule has 2 amide bonds.